The van der Waals surface area contributed by atoms with E-state index in [0.717, 1.165) is 5.56 Å². The van der Waals surface area contributed by atoms with E-state index in [0.29, 0.717) is 15.1 Å². The van der Waals surface area contributed by atoms with E-state index in [1.54, 1.807) is 33.8 Å². The molecule has 0 atom stereocenters. The first-order valence-corrected chi connectivity index (χ1v) is 6.38. The molecule has 1 aromatic rings. The molecule has 1 heterocycles. The number of nitrogens with zero attached hydrogens (tertiary/aromatic N) is 2. The molecule has 0 bridgehead atoms. The number of pyridine rings is 1. The zero-order chi connectivity index (χ0) is 13.9. The van der Waals surface area contributed by atoms with E-state index >= 15 is 0 Å². The van der Waals surface area contributed by atoms with Crippen molar-refractivity contribution in [2.45, 2.75) is 33.3 Å². The number of aromatic nitrogens is 1. The van der Waals surface area contributed by atoms with E-state index in [4.69, 9.17) is 10.00 Å². The summed E-state index contributed by atoms with van der Waals surface area (Å²) in [5.41, 5.74) is 1.12. The molecule has 0 saturated carbocycles. The summed E-state index contributed by atoms with van der Waals surface area (Å²) in [7, 11) is 0. The van der Waals surface area contributed by atoms with E-state index in [-0.39, 0.29) is 0 Å². The highest BCUT2D eigenvalue weighted by molar-refractivity contribution is 14.1. The van der Waals surface area contributed by atoms with E-state index < -0.39 is 11.7 Å². The Morgan fingerprint density at radius 3 is 2.61 bits per heavy atom. The van der Waals surface area contributed by atoms with E-state index in [2.05, 4.69) is 10.3 Å². The first-order chi connectivity index (χ1) is 8.23. The minimum Gasteiger partial charge on any atom is -0.444 e. The van der Waals surface area contributed by atoms with Crippen LogP contribution in [0.1, 0.15) is 32.0 Å². The van der Waals surface area contributed by atoms with Crippen LogP contribution < -0.4 is 5.32 Å². The third-order valence-corrected chi connectivity index (χ3v) is 2.69. The number of nitrogens with one attached hydrogen (secondary N) is 1. The molecule has 5 nitrogen and oxygen atoms in total. The fourth-order valence-corrected chi connectivity index (χ4v) is 2.07. The number of aryl methyl sites for hydroxylation is 1. The fraction of sp³-hybridized carbons (Fsp3) is 0.417. The van der Waals surface area contributed by atoms with Crippen LogP contribution in [0.3, 0.4) is 0 Å². The van der Waals surface area contributed by atoms with Crippen molar-refractivity contribution in [1.82, 2.24) is 4.98 Å². The number of nitriles is 1. The fourth-order valence-electron chi connectivity index (χ4n) is 1.25. The van der Waals surface area contributed by atoms with Crippen molar-refractivity contribution in [3.8, 4) is 6.07 Å². The molecule has 0 fully saturated rings. The van der Waals surface area contributed by atoms with Crippen molar-refractivity contribution in [1.29, 1.82) is 5.26 Å². The highest BCUT2D eigenvalue weighted by Crippen LogP contribution is 2.22. The van der Waals surface area contributed by atoms with Gasteiger partial charge in [0.1, 0.15) is 21.1 Å². The van der Waals surface area contributed by atoms with Gasteiger partial charge in [0, 0.05) is 0 Å². The molecule has 18 heavy (non-hydrogen) atoms. The molecule has 96 valence electrons. The number of carbonyl (C=O) groups excluding carboxylic acids is 1. The van der Waals surface area contributed by atoms with Crippen LogP contribution in [0.2, 0.25) is 0 Å². The molecule has 1 rings (SSSR count). The molecule has 0 radical (unpaired) electrons. The van der Waals surface area contributed by atoms with Crippen molar-refractivity contribution in [2.75, 3.05) is 5.32 Å². The molecule has 0 saturated heterocycles. The molecular weight excluding hydrogens is 345 g/mol. The van der Waals surface area contributed by atoms with Crippen LogP contribution in [-0.4, -0.2) is 16.7 Å². The van der Waals surface area contributed by atoms with E-state index in [1.165, 1.54) is 0 Å². The van der Waals surface area contributed by atoms with E-state index in [9.17, 15) is 4.79 Å². The lowest BCUT2D eigenvalue weighted by molar-refractivity contribution is 0.0635. The van der Waals surface area contributed by atoms with Gasteiger partial charge in [-0.25, -0.2) is 9.78 Å². The molecule has 1 N–H and O–H groups in total. The van der Waals surface area contributed by atoms with Gasteiger partial charge in [-0.3, -0.25) is 5.32 Å². The third kappa shape index (κ3) is 4.14. The molecule has 0 aliphatic rings. The van der Waals surface area contributed by atoms with Gasteiger partial charge in [-0.05, 0) is 61.9 Å². The topological polar surface area (TPSA) is 75.0 Å². The second-order valence-corrected chi connectivity index (χ2v) is 5.75. The van der Waals surface area contributed by atoms with Gasteiger partial charge in [-0.2, -0.15) is 5.26 Å². The van der Waals surface area contributed by atoms with Gasteiger partial charge in [0.25, 0.3) is 0 Å². The summed E-state index contributed by atoms with van der Waals surface area (Å²) in [5, 5.41) is 11.4. The van der Waals surface area contributed by atoms with Gasteiger partial charge in [0.15, 0.2) is 0 Å². The van der Waals surface area contributed by atoms with Crippen molar-refractivity contribution < 1.29 is 9.53 Å². The van der Waals surface area contributed by atoms with Gasteiger partial charge in [-0.1, -0.05) is 0 Å². The molecule has 0 aliphatic heterocycles. The highest BCUT2D eigenvalue weighted by atomic mass is 127. The van der Waals surface area contributed by atoms with Gasteiger partial charge in [-0.15, -0.1) is 0 Å². The van der Waals surface area contributed by atoms with Crippen LogP contribution in [0.4, 0.5) is 10.5 Å². The molecule has 1 aromatic heterocycles. The van der Waals surface area contributed by atoms with Crippen LogP contribution in [-0.2, 0) is 4.74 Å². The SMILES string of the molecule is Cc1cc(C#N)nc(I)c1NC(=O)OC(C)(C)C. The Morgan fingerprint density at radius 2 is 2.17 bits per heavy atom. The monoisotopic (exact) mass is 359 g/mol. The second-order valence-electron chi connectivity index (χ2n) is 4.73. The summed E-state index contributed by atoms with van der Waals surface area (Å²) in [6.45, 7) is 7.18. The van der Waals surface area contributed by atoms with Gasteiger partial charge in [0.2, 0.25) is 0 Å². The van der Waals surface area contributed by atoms with Crippen LogP contribution in [0.5, 0.6) is 0 Å². The number of halogens is 1. The number of ether oxygens (including phenoxy) is 1. The minimum absolute atomic E-state index is 0.326. The average Bonchev–Trinajstić information content (AvgIpc) is 2.20. The maximum Gasteiger partial charge on any atom is 0.412 e. The summed E-state index contributed by atoms with van der Waals surface area (Å²) >= 11 is 1.97. The first-order valence-electron chi connectivity index (χ1n) is 5.30. The Balaban J connectivity index is 2.93. The Bertz CT molecular complexity index is 492. The molecule has 0 aromatic carbocycles. The van der Waals surface area contributed by atoms with Crippen LogP contribution in [0, 0.1) is 22.0 Å². The number of amides is 1. The normalized spacial score (nSPS) is 10.7. The Kier molecular flexibility index (Phi) is 4.51. The largest absolute Gasteiger partial charge is 0.444 e. The number of carbonyl (C=O) groups is 1. The predicted octanol–water partition coefficient (Wildman–Crippen LogP) is 3.21. The lowest BCUT2D eigenvalue weighted by atomic mass is 10.2. The molecule has 1 amide bonds. The summed E-state index contributed by atoms with van der Waals surface area (Å²) in [6.07, 6.45) is -0.532. The predicted molar refractivity (Wildman–Crippen MR) is 76.3 cm³/mol. The Morgan fingerprint density at radius 1 is 1.56 bits per heavy atom. The lowest BCUT2D eigenvalue weighted by Crippen LogP contribution is -2.27. The maximum absolute atomic E-state index is 11.7. The summed E-state index contributed by atoms with van der Waals surface area (Å²) in [6, 6.07) is 3.59. The van der Waals surface area contributed by atoms with Crippen molar-refractivity contribution >= 4 is 34.4 Å². The second kappa shape index (κ2) is 5.52. The maximum atomic E-state index is 11.7. The third-order valence-electron chi connectivity index (χ3n) is 1.91. The zero-order valence-electron chi connectivity index (χ0n) is 10.7. The van der Waals surface area contributed by atoms with Crippen LogP contribution in [0.15, 0.2) is 6.07 Å². The molecule has 6 heteroatoms. The number of hydrogen-bond donors (Lipinski definition) is 1. The Hall–Kier alpha value is -1.36. The summed E-state index contributed by atoms with van der Waals surface area (Å²) in [5.74, 6) is 0. The van der Waals surface area contributed by atoms with Gasteiger partial charge < -0.3 is 4.74 Å². The molecule has 0 spiro atoms. The number of hydrogen-bond acceptors (Lipinski definition) is 4. The first kappa shape index (κ1) is 14.7. The van der Waals surface area contributed by atoms with Gasteiger partial charge >= 0.3 is 6.09 Å². The minimum atomic E-state index is -0.552. The zero-order valence-corrected chi connectivity index (χ0v) is 12.8. The van der Waals surface area contributed by atoms with Crippen LogP contribution in [0.25, 0.3) is 0 Å². The van der Waals surface area contributed by atoms with E-state index in [1.807, 2.05) is 28.7 Å². The number of anilines is 1. The molecular formula is C12H14IN3O2. The van der Waals surface area contributed by atoms with Crippen LogP contribution >= 0.6 is 22.6 Å². The standard InChI is InChI=1S/C12H14IN3O2/c1-7-5-8(6-14)15-10(13)9(7)16-11(17)18-12(2,3)4/h5H,1-4H3,(H,16,17). The van der Waals surface area contributed by atoms with Crippen molar-refractivity contribution in [2.24, 2.45) is 0 Å². The molecule has 0 unspecified atom stereocenters. The summed E-state index contributed by atoms with van der Waals surface area (Å²) < 4.78 is 5.73. The lowest BCUT2D eigenvalue weighted by Gasteiger charge is -2.20. The Labute approximate surface area is 120 Å². The van der Waals surface area contributed by atoms with Crippen molar-refractivity contribution in [3.05, 3.63) is 21.0 Å². The van der Waals surface area contributed by atoms with Gasteiger partial charge in [0.05, 0.1) is 5.69 Å². The highest BCUT2D eigenvalue weighted by Gasteiger charge is 2.18. The molecule has 0 aliphatic carbocycles. The average molecular weight is 359 g/mol. The smallest absolute Gasteiger partial charge is 0.412 e. The number of rotatable bonds is 1. The quantitative estimate of drug-likeness (QED) is 0.617. The van der Waals surface area contributed by atoms with Crippen molar-refractivity contribution in [3.63, 3.8) is 0 Å². The summed E-state index contributed by atoms with van der Waals surface area (Å²) in [4.78, 5) is 15.7.